The Kier molecular flexibility index (Phi) is 8.99. The molecule has 1 atom stereocenters. The highest BCUT2D eigenvalue weighted by Gasteiger charge is 2.16. The van der Waals surface area contributed by atoms with Crippen LogP contribution in [-0.2, 0) is 9.53 Å². The van der Waals surface area contributed by atoms with Crippen LogP contribution in [-0.4, -0.2) is 38.8 Å². The van der Waals surface area contributed by atoms with Gasteiger partial charge < -0.3 is 20.1 Å². The summed E-state index contributed by atoms with van der Waals surface area (Å²) in [6, 6.07) is 6.28. The van der Waals surface area contributed by atoms with Gasteiger partial charge in [-0.25, -0.2) is 0 Å². The van der Waals surface area contributed by atoms with E-state index in [2.05, 4.69) is 10.6 Å². The average molecular weight is 343 g/mol. The number of rotatable bonds is 8. The molecule has 2 rings (SSSR count). The van der Waals surface area contributed by atoms with Crippen LogP contribution in [0.25, 0.3) is 0 Å². The Morgan fingerprint density at radius 2 is 2.22 bits per heavy atom. The molecule has 2 N–H and O–H groups in total. The molecule has 1 aromatic carbocycles. The number of hydrogen-bond acceptors (Lipinski definition) is 4. The number of ether oxygens (including phenoxy) is 2. The van der Waals surface area contributed by atoms with Crippen molar-refractivity contribution in [2.75, 3.05) is 32.2 Å². The molecule has 1 amide bonds. The van der Waals surface area contributed by atoms with E-state index in [1.54, 1.807) is 7.11 Å². The van der Waals surface area contributed by atoms with Crippen molar-refractivity contribution in [2.45, 2.75) is 38.6 Å². The van der Waals surface area contributed by atoms with Crippen molar-refractivity contribution in [3.8, 4) is 5.75 Å². The van der Waals surface area contributed by atoms with Gasteiger partial charge in [-0.1, -0.05) is 6.07 Å². The first kappa shape index (κ1) is 19.7. The molecule has 0 spiro atoms. The summed E-state index contributed by atoms with van der Waals surface area (Å²) in [5.74, 6) is 0.735. The second kappa shape index (κ2) is 10.5. The van der Waals surface area contributed by atoms with Crippen LogP contribution in [0.3, 0.4) is 0 Å². The lowest BCUT2D eigenvalue weighted by Crippen LogP contribution is -2.23. The minimum atomic E-state index is 0. The van der Waals surface area contributed by atoms with Gasteiger partial charge >= 0.3 is 0 Å². The largest absolute Gasteiger partial charge is 0.489 e. The van der Waals surface area contributed by atoms with E-state index >= 15 is 0 Å². The molecule has 6 heteroatoms. The summed E-state index contributed by atoms with van der Waals surface area (Å²) in [6.07, 6.45) is 3.80. The molecule has 1 aliphatic heterocycles. The first-order chi connectivity index (χ1) is 10.7. The van der Waals surface area contributed by atoms with Crippen LogP contribution in [0, 0.1) is 6.92 Å². The van der Waals surface area contributed by atoms with Crippen molar-refractivity contribution in [3.63, 3.8) is 0 Å². The van der Waals surface area contributed by atoms with E-state index in [-0.39, 0.29) is 18.3 Å². The predicted molar refractivity (Wildman–Crippen MR) is 94.7 cm³/mol. The maximum absolute atomic E-state index is 12.1. The summed E-state index contributed by atoms with van der Waals surface area (Å²) in [7, 11) is 1.64. The third-order valence-electron chi connectivity index (χ3n) is 3.84. The first-order valence-electron chi connectivity index (χ1n) is 7.94. The van der Waals surface area contributed by atoms with Crippen molar-refractivity contribution in [3.05, 3.63) is 23.8 Å². The van der Waals surface area contributed by atoms with Crippen molar-refractivity contribution >= 4 is 24.0 Å². The number of hydrogen-bond donors (Lipinski definition) is 2. The molecule has 0 aromatic heterocycles. The summed E-state index contributed by atoms with van der Waals surface area (Å²) >= 11 is 0. The topological polar surface area (TPSA) is 59.6 Å². The Morgan fingerprint density at radius 1 is 1.39 bits per heavy atom. The zero-order chi connectivity index (χ0) is 15.8. The van der Waals surface area contributed by atoms with Gasteiger partial charge in [0.05, 0.1) is 12.3 Å². The van der Waals surface area contributed by atoms with Crippen LogP contribution in [0.15, 0.2) is 18.2 Å². The van der Waals surface area contributed by atoms with Crippen molar-refractivity contribution < 1.29 is 14.3 Å². The number of anilines is 1. The SMILES string of the molecule is COCCOc1cc(C)ccc1NC(=O)CCC1CCCN1.Cl. The van der Waals surface area contributed by atoms with Gasteiger partial charge in [-0.05, 0) is 50.4 Å². The van der Waals surface area contributed by atoms with Crippen molar-refractivity contribution in [1.29, 1.82) is 0 Å². The Labute approximate surface area is 144 Å². The van der Waals surface area contributed by atoms with Crippen LogP contribution in [0.1, 0.15) is 31.2 Å². The normalized spacial score (nSPS) is 16.7. The zero-order valence-electron chi connectivity index (χ0n) is 13.9. The van der Waals surface area contributed by atoms with Gasteiger partial charge in [-0.2, -0.15) is 0 Å². The van der Waals surface area contributed by atoms with Crippen LogP contribution in [0.2, 0.25) is 0 Å². The highest BCUT2D eigenvalue weighted by Crippen LogP contribution is 2.26. The summed E-state index contributed by atoms with van der Waals surface area (Å²) < 4.78 is 10.7. The van der Waals surface area contributed by atoms with E-state index in [4.69, 9.17) is 9.47 Å². The Hall–Kier alpha value is -1.30. The second-order valence-electron chi connectivity index (χ2n) is 5.72. The quantitative estimate of drug-likeness (QED) is 0.713. The van der Waals surface area contributed by atoms with E-state index in [1.807, 2.05) is 25.1 Å². The second-order valence-corrected chi connectivity index (χ2v) is 5.72. The van der Waals surface area contributed by atoms with Gasteiger partial charge in [0, 0.05) is 19.6 Å². The Balaban J connectivity index is 0.00000264. The fraction of sp³-hybridized carbons (Fsp3) is 0.588. The molecule has 1 saturated heterocycles. The highest BCUT2D eigenvalue weighted by atomic mass is 35.5. The third kappa shape index (κ3) is 6.77. The molecule has 0 saturated carbocycles. The smallest absolute Gasteiger partial charge is 0.224 e. The lowest BCUT2D eigenvalue weighted by atomic mass is 10.1. The van der Waals surface area contributed by atoms with Crippen molar-refractivity contribution in [2.24, 2.45) is 0 Å². The van der Waals surface area contributed by atoms with Gasteiger partial charge in [-0.3, -0.25) is 4.79 Å². The molecule has 1 unspecified atom stereocenters. The molecular formula is C17H27ClN2O3. The standard InChI is InChI=1S/C17H26N2O3.ClH/c1-13-5-7-15(16(12-13)22-11-10-21-2)19-17(20)8-6-14-4-3-9-18-14;/h5,7,12,14,18H,3-4,6,8-11H2,1-2H3,(H,19,20);1H. The molecule has 23 heavy (non-hydrogen) atoms. The van der Waals surface area contributed by atoms with Crippen molar-refractivity contribution in [1.82, 2.24) is 5.32 Å². The number of nitrogens with one attached hydrogen (secondary N) is 2. The number of carbonyl (C=O) groups excluding carboxylic acids is 1. The maximum Gasteiger partial charge on any atom is 0.224 e. The first-order valence-corrected chi connectivity index (χ1v) is 7.94. The molecule has 5 nitrogen and oxygen atoms in total. The number of aryl methyl sites for hydroxylation is 1. The monoisotopic (exact) mass is 342 g/mol. The van der Waals surface area contributed by atoms with Gasteiger partial charge in [-0.15, -0.1) is 12.4 Å². The van der Waals surface area contributed by atoms with E-state index < -0.39 is 0 Å². The fourth-order valence-corrected chi connectivity index (χ4v) is 2.61. The molecule has 1 aliphatic rings. The minimum absolute atomic E-state index is 0. The van der Waals surface area contributed by atoms with Gasteiger partial charge in [0.15, 0.2) is 0 Å². The van der Waals surface area contributed by atoms with Gasteiger partial charge in [0.2, 0.25) is 5.91 Å². The van der Waals surface area contributed by atoms with E-state index in [0.29, 0.717) is 31.4 Å². The molecule has 1 fully saturated rings. The number of halogens is 1. The zero-order valence-corrected chi connectivity index (χ0v) is 14.7. The summed E-state index contributed by atoms with van der Waals surface area (Å²) in [5.41, 5.74) is 1.83. The Morgan fingerprint density at radius 3 is 2.91 bits per heavy atom. The Bertz CT molecular complexity index is 491. The molecule has 1 aromatic rings. The van der Waals surface area contributed by atoms with Crippen LogP contribution >= 0.6 is 12.4 Å². The molecule has 0 radical (unpaired) electrons. The van der Waals surface area contributed by atoms with Gasteiger partial charge in [0.1, 0.15) is 12.4 Å². The highest BCUT2D eigenvalue weighted by molar-refractivity contribution is 5.92. The molecule has 0 aliphatic carbocycles. The van der Waals surface area contributed by atoms with E-state index in [9.17, 15) is 4.79 Å². The number of methoxy groups -OCH3 is 1. The lowest BCUT2D eigenvalue weighted by Gasteiger charge is -2.14. The number of amides is 1. The lowest BCUT2D eigenvalue weighted by molar-refractivity contribution is -0.116. The minimum Gasteiger partial charge on any atom is -0.489 e. The van der Waals surface area contributed by atoms with Crippen LogP contribution < -0.4 is 15.4 Å². The maximum atomic E-state index is 12.1. The van der Waals surface area contributed by atoms with Gasteiger partial charge in [0.25, 0.3) is 0 Å². The van der Waals surface area contributed by atoms with E-state index in [1.165, 1.54) is 12.8 Å². The summed E-state index contributed by atoms with van der Waals surface area (Å²) in [5, 5.41) is 6.37. The molecule has 130 valence electrons. The average Bonchev–Trinajstić information content (AvgIpc) is 3.01. The fourth-order valence-electron chi connectivity index (χ4n) is 2.61. The summed E-state index contributed by atoms with van der Waals surface area (Å²) in [4.78, 5) is 12.1. The van der Waals surface area contributed by atoms with E-state index in [0.717, 1.165) is 24.2 Å². The molecular weight excluding hydrogens is 316 g/mol. The molecule has 0 bridgehead atoms. The van der Waals surface area contributed by atoms with Crippen LogP contribution in [0.5, 0.6) is 5.75 Å². The molecule has 1 heterocycles. The number of carbonyl (C=O) groups is 1. The third-order valence-corrected chi connectivity index (χ3v) is 3.84. The number of benzene rings is 1. The van der Waals surface area contributed by atoms with Crippen LogP contribution in [0.4, 0.5) is 5.69 Å². The predicted octanol–water partition coefficient (Wildman–Crippen LogP) is 2.91. The summed E-state index contributed by atoms with van der Waals surface area (Å²) in [6.45, 7) is 4.06.